The molecule has 2 N–H and O–H groups in total. The Labute approximate surface area is 105 Å². The smallest absolute Gasteiger partial charge is 0.416 e. The van der Waals surface area contributed by atoms with Crippen LogP contribution in [0.4, 0.5) is 13.2 Å². The highest BCUT2D eigenvalue weighted by atomic mass is 32.2. The van der Waals surface area contributed by atoms with Gasteiger partial charge in [-0.25, -0.2) is 0 Å². The van der Waals surface area contributed by atoms with Gasteiger partial charge in [-0.1, -0.05) is 12.1 Å². The Morgan fingerprint density at radius 1 is 1.33 bits per heavy atom. The predicted octanol–water partition coefficient (Wildman–Crippen LogP) is 2.49. The Morgan fingerprint density at radius 2 is 1.94 bits per heavy atom. The molecule has 0 spiro atoms. The lowest BCUT2D eigenvalue weighted by atomic mass is 10.1. The number of carboxylic acid groups (broad SMARTS) is 1. The third-order valence-corrected chi connectivity index (χ3v) is 3.89. The molecule has 1 aromatic rings. The molecule has 18 heavy (non-hydrogen) atoms. The van der Waals surface area contributed by atoms with Gasteiger partial charge in [-0.05, 0) is 17.7 Å². The van der Waals surface area contributed by atoms with Crippen molar-refractivity contribution in [3.63, 3.8) is 0 Å². The van der Waals surface area contributed by atoms with E-state index >= 15 is 0 Å². The van der Waals surface area contributed by atoms with Gasteiger partial charge in [0, 0.05) is 5.75 Å². The van der Waals surface area contributed by atoms with Crippen LogP contribution < -0.4 is 5.32 Å². The molecule has 2 rings (SSSR count). The Morgan fingerprint density at radius 3 is 2.39 bits per heavy atom. The highest BCUT2D eigenvalue weighted by molar-refractivity contribution is 7.99. The average Bonchev–Trinajstić information content (AvgIpc) is 2.77. The second kappa shape index (κ2) is 4.81. The van der Waals surface area contributed by atoms with Crippen molar-refractivity contribution in [1.29, 1.82) is 0 Å². The van der Waals surface area contributed by atoms with E-state index in [0.29, 0.717) is 11.3 Å². The first kappa shape index (κ1) is 13.2. The van der Waals surface area contributed by atoms with Crippen LogP contribution in [0.2, 0.25) is 0 Å². The summed E-state index contributed by atoms with van der Waals surface area (Å²) in [6, 6.07) is 4.11. The summed E-state index contributed by atoms with van der Waals surface area (Å²) in [6.45, 7) is 0. The molecule has 0 aromatic heterocycles. The second-order valence-corrected chi connectivity index (χ2v) is 5.03. The second-order valence-electron chi connectivity index (χ2n) is 3.89. The summed E-state index contributed by atoms with van der Waals surface area (Å²) in [5.41, 5.74) is -0.0548. The lowest BCUT2D eigenvalue weighted by Gasteiger charge is -2.12. The van der Waals surface area contributed by atoms with Crippen LogP contribution in [-0.4, -0.2) is 22.9 Å². The topological polar surface area (TPSA) is 49.3 Å². The summed E-state index contributed by atoms with van der Waals surface area (Å²) >= 11 is 1.37. The van der Waals surface area contributed by atoms with E-state index in [4.69, 9.17) is 5.11 Å². The number of carboxylic acids is 1. The zero-order chi connectivity index (χ0) is 13.3. The Hall–Kier alpha value is -1.21. The lowest BCUT2D eigenvalue weighted by Crippen LogP contribution is -2.33. The summed E-state index contributed by atoms with van der Waals surface area (Å²) in [6.07, 6.45) is -4.35. The monoisotopic (exact) mass is 277 g/mol. The Balaban J connectivity index is 2.10. The first-order valence-electron chi connectivity index (χ1n) is 5.15. The SMILES string of the molecule is O=C(O)C1CSC(c2ccc(C(F)(F)F)cc2)N1. The van der Waals surface area contributed by atoms with Crippen molar-refractivity contribution in [1.82, 2.24) is 5.32 Å². The van der Waals surface area contributed by atoms with E-state index in [2.05, 4.69) is 5.32 Å². The maximum absolute atomic E-state index is 12.4. The van der Waals surface area contributed by atoms with Crippen molar-refractivity contribution in [3.05, 3.63) is 35.4 Å². The molecule has 98 valence electrons. The minimum atomic E-state index is -4.35. The van der Waals surface area contributed by atoms with Crippen molar-refractivity contribution >= 4 is 17.7 Å². The van der Waals surface area contributed by atoms with E-state index in [1.807, 2.05) is 0 Å². The number of rotatable bonds is 2. The summed E-state index contributed by atoms with van der Waals surface area (Å²) in [7, 11) is 0. The van der Waals surface area contributed by atoms with E-state index in [0.717, 1.165) is 12.1 Å². The molecular weight excluding hydrogens is 267 g/mol. The van der Waals surface area contributed by atoms with Crippen LogP contribution in [0.1, 0.15) is 16.5 Å². The molecule has 0 saturated carbocycles. The van der Waals surface area contributed by atoms with Crippen molar-refractivity contribution < 1.29 is 23.1 Å². The van der Waals surface area contributed by atoms with Crippen LogP contribution in [0, 0.1) is 0 Å². The molecule has 0 radical (unpaired) electrons. The number of aliphatic carboxylic acids is 1. The molecule has 1 saturated heterocycles. The van der Waals surface area contributed by atoms with Gasteiger partial charge in [0.05, 0.1) is 10.9 Å². The first-order chi connectivity index (χ1) is 8.38. The van der Waals surface area contributed by atoms with Crippen LogP contribution in [-0.2, 0) is 11.0 Å². The van der Waals surface area contributed by atoms with Crippen molar-refractivity contribution in [2.24, 2.45) is 0 Å². The Kier molecular flexibility index (Phi) is 3.54. The maximum atomic E-state index is 12.4. The highest BCUT2D eigenvalue weighted by Gasteiger charge is 2.32. The molecule has 7 heteroatoms. The molecule has 0 bridgehead atoms. The van der Waals surface area contributed by atoms with E-state index in [-0.39, 0.29) is 5.37 Å². The summed E-state index contributed by atoms with van der Waals surface area (Å²) in [5.74, 6) is -0.544. The number of halogens is 3. The van der Waals surface area contributed by atoms with Crippen LogP contribution in [0.15, 0.2) is 24.3 Å². The van der Waals surface area contributed by atoms with Crippen LogP contribution in [0.25, 0.3) is 0 Å². The standard InChI is InChI=1S/C11H10F3NO2S/c12-11(13,14)7-3-1-6(2-4-7)9-15-8(5-18-9)10(16)17/h1-4,8-9,15H,5H2,(H,16,17). The number of hydrogen-bond donors (Lipinski definition) is 2. The highest BCUT2D eigenvalue weighted by Crippen LogP contribution is 2.35. The fraction of sp³-hybridized carbons (Fsp3) is 0.364. The number of nitrogens with one attached hydrogen (secondary N) is 1. The third kappa shape index (κ3) is 2.78. The van der Waals surface area contributed by atoms with Gasteiger partial charge in [0.2, 0.25) is 0 Å². The normalized spacial score (nSPS) is 24.2. The molecular formula is C11H10F3NO2S. The van der Waals surface area contributed by atoms with Gasteiger partial charge in [0.15, 0.2) is 0 Å². The van der Waals surface area contributed by atoms with Crippen LogP contribution in [0.5, 0.6) is 0 Å². The number of alkyl halides is 3. The molecule has 1 aromatic carbocycles. The third-order valence-electron chi connectivity index (χ3n) is 2.62. The van der Waals surface area contributed by atoms with Crippen molar-refractivity contribution in [2.45, 2.75) is 17.6 Å². The van der Waals surface area contributed by atoms with Gasteiger partial charge in [0.1, 0.15) is 6.04 Å². The Bertz CT molecular complexity index is 447. The quantitative estimate of drug-likeness (QED) is 0.872. The lowest BCUT2D eigenvalue weighted by molar-refractivity contribution is -0.139. The molecule has 0 aliphatic carbocycles. The molecule has 1 fully saturated rings. The first-order valence-corrected chi connectivity index (χ1v) is 6.20. The molecule has 1 aliphatic rings. The molecule has 2 atom stereocenters. The maximum Gasteiger partial charge on any atom is 0.416 e. The van der Waals surface area contributed by atoms with Crippen LogP contribution in [0.3, 0.4) is 0 Å². The number of carbonyl (C=O) groups is 1. The minimum absolute atomic E-state index is 0.270. The molecule has 2 unspecified atom stereocenters. The van der Waals surface area contributed by atoms with E-state index in [1.165, 1.54) is 23.9 Å². The van der Waals surface area contributed by atoms with E-state index < -0.39 is 23.8 Å². The summed E-state index contributed by atoms with van der Waals surface area (Å²) in [5, 5.41) is 11.4. The van der Waals surface area contributed by atoms with Gasteiger partial charge in [-0.3, -0.25) is 10.1 Å². The van der Waals surface area contributed by atoms with Crippen LogP contribution >= 0.6 is 11.8 Å². The van der Waals surface area contributed by atoms with Gasteiger partial charge >= 0.3 is 12.1 Å². The van der Waals surface area contributed by atoms with Crippen molar-refractivity contribution in [3.8, 4) is 0 Å². The number of thioether (sulfide) groups is 1. The molecule has 0 amide bonds. The van der Waals surface area contributed by atoms with Gasteiger partial charge in [-0.2, -0.15) is 13.2 Å². The molecule has 1 heterocycles. The fourth-order valence-corrected chi connectivity index (χ4v) is 2.89. The number of benzene rings is 1. The minimum Gasteiger partial charge on any atom is -0.480 e. The van der Waals surface area contributed by atoms with E-state index in [1.54, 1.807) is 0 Å². The predicted molar refractivity (Wildman–Crippen MR) is 61.2 cm³/mol. The number of hydrogen-bond acceptors (Lipinski definition) is 3. The molecule has 1 aliphatic heterocycles. The van der Waals surface area contributed by atoms with Gasteiger partial charge in [0.25, 0.3) is 0 Å². The fourth-order valence-electron chi connectivity index (χ4n) is 1.65. The van der Waals surface area contributed by atoms with Gasteiger partial charge in [-0.15, -0.1) is 11.8 Å². The largest absolute Gasteiger partial charge is 0.480 e. The van der Waals surface area contributed by atoms with Crippen molar-refractivity contribution in [2.75, 3.05) is 5.75 Å². The van der Waals surface area contributed by atoms with E-state index in [9.17, 15) is 18.0 Å². The molecule has 3 nitrogen and oxygen atoms in total. The summed E-state index contributed by atoms with van der Waals surface area (Å²) in [4.78, 5) is 10.7. The summed E-state index contributed by atoms with van der Waals surface area (Å²) < 4.78 is 37.1. The zero-order valence-corrected chi connectivity index (χ0v) is 9.89. The van der Waals surface area contributed by atoms with Gasteiger partial charge < -0.3 is 5.11 Å². The zero-order valence-electron chi connectivity index (χ0n) is 9.07. The average molecular weight is 277 g/mol.